The molecule has 9 amide bonds. The first-order valence-electron chi connectivity index (χ1n) is 22.1. The lowest BCUT2D eigenvalue weighted by Gasteiger charge is -2.30. The van der Waals surface area contributed by atoms with Crippen LogP contribution in [0.4, 0.5) is 0 Å². The number of aliphatic hydroxyl groups is 3. The number of aliphatic imine (C=N–C) groups is 1. The van der Waals surface area contributed by atoms with Crippen molar-refractivity contribution in [3.05, 3.63) is 0 Å². The molecule has 0 aromatic heterocycles. The minimum absolute atomic E-state index is 0.00214. The molecule has 0 unspecified atom stereocenters. The number of primary amides is 1. The molecular formula is C40H69N13O16. The van der Waals surface area contributed by atoms with Crippen LogP contribution in [0.3, 0.4) is 0 Å². The monoisotopic (exact) mass is 987 g/mol. The molecular weight excluding hydrogens is 919 g/mol. The highest BCUT2D eigenvalue weighted by molar-refractivity contribution is 5.98. The number of nitrogens with one attached hydrogen (secondary N) is 7. The van der Waals surface area contributed by atoms with Crippen LogP contribution in [-0.4, -0.2) is 188 Å². The summed E-state index contributed by atoms with van der Waals surface area (Å²) in [6.45, 7) is 3.81. The number of nitrogens with two attached hydrogens (primary N) is 4. The zero-order valence-electron chi connectivity index (χ0n) is 39.0. The number of hydrogen-bond donors (Lipinski definition) is 16. The second-order valence-electron chi connectivity index (χ2n) is 16.8. The van der Waals surface area contributed by atoms with Crippen molar-refractivity contribution in [1.82, 2.24) is 42.1 Å². The summed E-state index contributed by atoms with van der Waals surface area (Å²) in [4.78, 5) is 146. The van der Waals surface area contributed by atoms with E-state index in [9.17, 15) is 73.2 Å². The Balaban J connectivity index is 3.21. The largest absolute Gasteiger partial charge is 0.481 e. The van der Waals surface area contributed by atoms with Crippen molar-refractivity contribution in [2.24, 2.45) is 33.8 Å². The molecule has 0 aliphatic carbocycles. The van der Waals surface area contributed by atoms with Crippen molar-refractivity contribution in [1.29, 1.82) is 0 Å². The molecule has 1 aliphatic heterocycles. The van der Waals surface area contributed by atoms with Crippen LogP contribution >= 0.6 is 0 Å². The summed E-state index contributed by atoms with van der Waals surface area (Å²) < 4.78 is 0. The van der Waals surface area contributed by atoms with Gasteiger partial charge in [0.15, 0.2) is 5.96 Å². The smallest absolute Gasteiger partial charge is 0.328 e. The van der Waals surface area contributed by atoms with Crippen LogP contribution < -0.4 is 60.2 Å². The van der Waals surface area contributed by atoms with E-state index < -0.39 is 152 Å². The Morgan fingerprint density at radius 1 is 0.652 bits per heavy atom. The Hall–Kier alpha value is -6.72. The third kappa shape index (κ3) is 21.4. The number of guanidine groups is 1. The molecule has 1 fully saturated rings. The molecule has 69 heavy (non-hydrogen) atoms. The van der Waals surface area contributed by atoms with Crippen molar-refractivity contribution in [2.75, 3.05) is 26.3 Å². The Bertz CT molecular complexity index is 1860. The number of carboxylic acids is 2. The van der Waals surface area contributed by atoms with E-state index in [0.717, 1.165) is 11.8 Å². The number of carboxylic acid groups (broad SMARTS) is 2. The van der Waals surface area contributed by atoms with Gasteiger partial charge in [-0.05, 0) is 64.7 Å². The van der Waals surface area contributed by atoms with Gasteiger partial charge in [0.1, 0.15) is 48.3 Å². The second kappa shape index (κ2) is 29.9. The lowest BCUT2D eigenvalue weighted by Crippen LogP contribution is -2.61. The van der Waals surface area contributed by atoms with Gasteiger partial charge in [-0.2, -0.15) is 0 Å². The summed E-state index contributed by atoms with van der Waals surface area (Å²) in [5.41, 5.74) is 21.8. The lowest BCUT2D eigenvalue weighted by atomic mass is 10.0. The SMILES string of the molecule is CC(C)C[C@H](NC(=O)[C@@H]1CCCN1C(=O)[C@H](CO)NC(=O)[C@H](C)NC(=O)[C@H](CCCN=C(N)N)NC(=O)[C@H](CCC(N)=O)NC(=O)[C@@H](N)CCC(=O)O)C(=O)N[C@H](C(=O)N[C@@H](CO)C(=O)O)[C@@H](C)O. The fourth-order valence-electron chi connectivity index (χ4n) is 6.73. The van der Waals surface area contributed by atoms with Gasteiger partial charge in [-0.1, -0.05) is 13.8 Å². The number of carbonyl (C=O) groups is 11. The summed E-state index contributed by atoms with van der Waals surface area (Å²) in [5.74, 6) is -11.8. The van der Waals surface area contributed by atoms with Gasteiger partial charge in [-0.3, -0.25) is 52.9 Å². The molecule has 0 aromatic rings. The molecule has 0 spiro atoms. The summed E-state index contributed by atoms with van der Waals surface area (Å²) in [6, 6.07) is -13.4. The van der Waals surface area contributed by atoms with Gasteiger partial charge in [0.2, 0.25) is 53.2 Å². The van der Waals surface area contributed by atoms with E-state index in [0.29, 0.717) is 0 Å². The number of nitrogens with zero attached hydrogens (tertiary/aromatic N) is 2. The molecule has 29 heteroatoms. The van der Waals surface area contributed by atoms with E-state index in [1.807, 2.05) is 5.32 Å². The Kier molecular flexibility index (Phi) is 26.1. The first-order chi connectivity index (χ1) is 32.2. The fraction of sp³-hybridized carbons (Fsp3) is 0.700. The lowest BCUT2D eigenvalue weighted by molar-refractivity contribution is -0.144. The predicted octanol–water partition coefficient (Wildman–Crippen LogP) is -7.60. The third-order valence-electron chi connectivity index (χ3n) is 10.5. The molecule has 1 rings (SSSR count). The third-order valence-corrected chi connectivity index (χ3v) is 10.5. The average molecular weight is 988 g/mol. The maximum atomic E-state index is 13.8. The maximum absolute atomic E-state index is 13.8. The van der Waals surface area contributed by atoms with Gasteiger partial charge < -0.3 is 90.6 Å². The van der Waals surface area contributed by atoms with Gasteiger partial charge in [-0.25, -0.2) is 4.79 Å². The van der Waals surface area contributed by atoms with E-state index >= 15 is 0 Å². The van der Waals surface area contributed by atoms with Crippen molar-refractivity contribution >= 4 is 71.1 Å². The highest BCUT2D eigenvalue weighted by atomic mass is 16.4. The standard InChI is InChI=1S/C40H69N13O16/c1-18(2)15-24(35(64)52-30(20(4)56)37(66)51-26(17-55)39(68)69)49-36(65)27-8-6-14-53(27)38(67)25(16-54)50-31(60)19(3)46-33(62)22(7-5-13-45-40(43)44)48-34(63)23(10-11-28(42)57)47-32(61)21(41)9-12-29(58)59/h18-27,30,54-56H,5-17,41H2,1-4H3,(H2,42,57)(H,46,62)(H,47,61)(H,48,63)(H,49,65)(H,50,60)(H,51,66)(H,52,64)(H,58,59)(H,68,69)(H4,43,44,45)/t19-,20+,21-,22-,23-,24-,25-,26-,27-,30-/m0/s1. The number of rotatable bonds is 31. The van der Waals surface area contributed by atoms with Crippen LogP contribution in [0.5, 0.6) is 0 Å². The van der Waals surface area contributed by atoms with Gasteiger partial charge in [0.25, 0.3) is 0 Å². The number of aliphatic carboxylic acids is 2. The van der Waals surface area contributed by atoms with Crippen LogP contribution in [0, 0.1) is 5.92 Å². The van der Waals surface area contributed by atoms with E-state index in [2.05, 4.69) is 36.9 Å². The van der Waals surface area contributed by atoms with Crippen LogP contribution in [0.15, 0.2) is 4.99 Å². The van der Waals surface area contributed by atoms with E-state index in [1.54, 1.807) is 13.8 Å². The topological polar surface area (TPSA) is 493 Å². The van der Waals surface area contributed by atoms with E-state index in [-0.39, 0.29) is 69.9 Å². The number of carbonyl (C=O) groups excluding carboxylic acids is 9. The van der Waals surface area contributed by atoms with E-state index in [1.165, 1.54) is 6.92 Å². The first-order valence-corrected chi connectivity index (χ1v) is 22.1. The van der Waals surface area contributed by atoms with Gasteiger partial charge in [-0.15, -0.1) is 0 Å². The molecule has 20 N–H and O–H groups in total. The molecule has 1 heterocycles. The minimum Gasteiger partial charge on any atom is -0.481 e. The molecule has 1 saturated heterocycles. The number of amides is 9. The van der Waals surface area contributed by atoms with Crippen LogP contribution in [-0.2, 0) is 52.7 Å². The molecule has 0 bridgehead atoms. The van der Waals surface area contributed by atoms with Crippen molar-refractivity contribution in [3.8, 4) is 0 Å². The van der Waals surface area contributed by atoms with Crippen molar-refractivity contribution in [2.45, 2.75) is 146 Å². The summed E-state index contributed by atoms with van der Waals surface area (Å²) in [7, 11) is 0. The van der Waals surface area contributed by atoms with Gasteiger partial charge in [0.05, 0.1) is 25.4 Å². The van der Waals surface area contributed by atoms with Gasteiger partial charge >= 0.3 is 11.9 Å². The highest BCUT2D eigenvalue weighted by Crippen LogP contribution is 2.20. The summed E-state index contributed by atoms with van der Waals surface area (Å²) >= 11 is 0. The van der Waals surface area contributed by atoms with Crippen LogP contribution in [0.2, 0.25) is 0 Å². The van der Waals surface area contributed by atoms with Crippen LogP contribution in [0.1, 0.15) is 85.5 Å². The number of aliphatic hydroxyl groups excluding tert-OH is 3. The first kappa shape index (κ1) is 60.3. The molecule has 0 aromatic carbocycles. The predicted molar refractivity (Wildman–Crippen MR) is 240 cm³/mol. The Morgan fingerprint density at radius 3 is 1.74 bits per heavy atom. The van der Waals surface area contributed by atoms with E-state index in [4.69, 9.17) is 28.0 Å². The molecule has 0 radical (unpaired) electrons. The highest BCUT2D eigenvalue weighted by Gasteiger charge is 2.40. The zero-order chi connectivity index (χ0) is 52.7. The minimum atomic E-state index is -1.75. The Labute approximate surface area is 397 Å². The van der Waals surface area contributed by atoms with Crippen LogP contribution in [0.25, 0.3) is 0 Å². The number of likely N-dealkylation sites (tertiary alicyclic amines) is 1. The quantitative estimate of drug-likeness (QED) is 0.0174. The van der Waals surface area contributed by atoms with Crippen molar-refractivity contribution in [3.63, 3.8) is 0 Å². The molecule has 390 valence electrons. The molecule has 29 nitrogen and oxygen atoms in total. The Morgan fingerprint density at radius 2 is 1.20 bits per heavy atom. The number of hydrogen-bond acceptors (Lipinski definition) is 16. The molecule has 1 aliphatic rings. The maximum Gasteiger partial charge on any atom is 0.328 e. The molecule has 10 atom stereocenters. The van der Waals surface area contributed by atoms with Crippen molar-refractivity contribution < 1.29 is 78.3 Å². The van der Waals surface area contributed by atoms with Gasteiger partial charge in [0, 0.05) is 25.9 Å². The normalized spacial score (nSPS) is 17.2. The zero-order valence-corrected chi connectivity index (χ0v) is 39.0. The fourth-order valence-corrected chi connectivity index (χ4v) is 6.73. The average Bonchev–Trinajstić information content (AvgIpc) is 3.77. The summed E-state index contributed by atoms with van der Waals surface area (Å²) in [6.07, 6.45) is -2.76. The molecule has 0 saturated carbocycles. The second-order valence-corrected chi connectivity index (χ2v) is 16.8. The summed E-state index contributed by atoms with van der Waals surface area (Å²) in [5, 5.41) is 64.2.